The topological polar surface area (TPSA) is 69.7 Å². The Balaban J connectivity index is 1.34. The molecule has 1 unspecified atom stereocenters. The molecule has 2 aromatic carbocycles. The first-order valence-corrected chi connectivity index (χ1v) is 11.6. The molecule has 1 atom stereocenters. The van der Waals surface area contributed by atoms with E-state index in [1.54, 1.807) is 18.2 Å². The monoisotopic (exact) mass is 433 g/mol. The molecule has 6 heteroatoms. The average Bonchev–Trinajstić information content (AvgIpc) is 3.06. The van der Waals surface area contributed by atoms with Crippen molar-refractivity contribution in [2.45, 2.75) is 32.6 Å². The SMILES string of the molecule is CC(CNC(=O)c1ccc2c(c1)C(=O)N(CCc1ccccc1)C2=O)CN1CCCCC1. The third-order valence-corrected chi connectivity index (χ3v) is 6.33. The van der Waals surface area contributed by atoms with Gasteiger partial charge in [0.05, 0.1) is 11.1 Å². The van der Waals surface area contributed by atoms with E-state index in [1.807, 2.05) is 30.3 Å². The molecular weight excluding hydrogens is 402 g/mol. The Morgan fingerprint density at radius 3 is 2.44 bits per heavy atom. The second kappa shape index (κ2) is 10.1. The third-order valence-electron chi connectivity index (χ3n) is 6.33. The number of likely N-dealkylation sites (tertiary alicyclic amines) is 1. The Morgan fingerprint density at radius 1 is 0.969 bits per heavy atom. The molecule has 168 valence electrons. The van der Waals surface area contributed by atoms with E-state index in [4.69, 9.17) is 0 Å². The molecule has 0 aromatic heterocycles. The number of carbonyl (C=O) groups excluding carboxylic acids is 3. The van der Waals surface area contributed by atoms with Crippen LogP contribution >= 0.6 is 0 Å². The minimum Gasteiger partial charge on any atom is -0.352 e. The van der Waals surface area contributed by atoms with E-state index in [1.165, 1.54) is 24.2 Å². The maximum atomic E-state index is 12.9. The molecule has 2 aromatic rings. The maximum absolute atomic E-state index is 12.9. The quantitative estimate of drug-likeness (QED) is 0.648. The predicted molar refractivity (Wildman–Crippen MR) is 124 cm³/mol. The van der Waals surface area contributed by atoms with Crippen molar-refractivity contribution < 1.29 is 14.4 Å². The highest BCUT2D eigenvalue weighted by Crippen LogP contribution is 2.24. The lowest BCUT2D eigenvalue weighted by molar-refractivity contribution is 0.0656. The zero-order valence-corrected chi connectivity index (χ0v) is 18.7. The van der Waals surface area contributed by atoms with Crippen LogP contribution in [0.2, 0.25) is 0 Å². The number of piperidine rings is 1. The molecule has 0 bridgehead atoms. The number of rotatable bonds is 8. The second-order valence-corrected chi connectivity index (χ2v) is 8.93. The minimum absolute atomic E-state index is 0.207. The summed E-state index contributed by atoms with van der Waals surface area (Å²) >= 11 is 0. The summed E-state index contributed by atoms with van der Waals surface area (Å²) in [6.45, 7) is 6.31. The maximum Gasteiger partial charge on any atom is 0.261 e. The van der Waals surface area contributed by atoms with E-state index in [-0.39, 0.29) is 17.7 Å². The molecule has 1 N–H and O–H groups in total. The van der Waals surface area contributed by atoms with E-state index in [2.05, 4.69) is 17.1 Å². The fourth-order valence-corrected chi connectivity index (χ4v) is 4.54. The Bertz CT molecular complexity index is 983. The number of benzene rings is 2. The van der Waals surface area contributed by atoms with Gasteiger partial charge in [-0.3, -0.25) is 19.3 Å². The number of hydrogen-bond acceptors (Lipinski definition) is 4. The van der Waals surface area contributed by atoms with E-state index >= 15 is 0 Å². The van der Waals surface area contributed by atoms with Crippen molar-refractivity contribution >= 4 is 17.7 Å². The van der Waals surface area contributed by atoms with Crippen molar-refractivity contribution in [3.8, 4) is 0 Å². The zero-order chi connectivity index (χ0) is 22.5. The van der Waals surface area contributed by atoms with Crippen molar-refractivity contribution in [1.82, 2.24) is 15.1 Å². The molecule has 2 aliphatic rings. The van der Waals surface area contributed by atoms with Gasteiger partial charge in [-0.15, -0.1) is 0 Å². The van der Waals surface area contributed by atoms with Gasteiger partial charge in [-0.25, -0.2) is 0 Å². The molecule has 1 fully saturated rings. The van der Waals surface area contributed by atoms with Crippen LogP contribution in [0.15, 0.2) is 48.5 Å². The average molecular weight is 434 g/mol. The molecule has 0 radical (unpaired) electrons. The van der Waals surface area contributed by atoms with Gasteiger partial charge in [0.2, 0.25) is 0 Å². The van der Waals surface area contributed by atoms with E-state index in [9.17, 15) is 14.4 Å². The summed E-state index contributed by atoms with van der Waals surface area (Å²) in [7, 11) is 0. The van der Waals surface area contributed by atoms with Crippen molar-refractivity contribution in [2.24, 2.45) is 5.92 Å². The van der Waals surface area contributed by atoms with Crippen LogP contribution in [0.3, 0.4) is 0 Å². The summed E-state index contributed by atoms with van der Waals surface area (Å²) in [4.78, 5) is 42.0. The molecular formula is C26H31N3O3. The van der Waals surface area contributed by atoms with Gasteiger partial charge in [0, 0.05) is 25.2 Å². The highest BCUT2D eigenvalue weighted by molar-refractivity contribution is 6.22. The summed E-state index contributed by atoms with van der Waals surface area (Å²) in [6, 6.07) is 14.6. The number of nitrogens with one attached hydrogen (secondary N) is 1. The highest BCUT2D eigenvalue weighted by Gasteiger charge is 2.35. The van der Waals surface area contributed by atoms with Gasteiger partial charge >= 0.3 is 0 Å². The minimum atomic E-state index is -0.325. The lowest BCUT2D eigenvalue weighted by atomic mass is 10.0. The van der Waals surface area contributed by atoms with Crippen LogP contribution in [0.4, 0.5) is 0 Å². The number of carbonyl (C=O) groups is 3. The first kappa shape index (κ1) is 22.2. The van der Waals surface area contributed by atoms with Gasteiger partial charge in [-0.2, -0.15) is 0 Å². The van der Waals surface area contributed by atoms with Gasteiger partial charge in [0.1, 0.15) is 0 Å². The van der Waals surface area contributed by atoms with Crippen LogP contribution in [0.25, 0.3) is 0 Å². The summed E-state index contributed by atoms with van der Waals surface area (Å²) in [6.07, 6.45) is 4.42. The molecule has 1 saturated heterocycles. The second-order valence-electron chi connectivity index (χ2n) is 8.93. The normalized spacial score (nSPS) is 17.3. The lowest BCUT2D eigenvalue weighted by Gasteiger charge is -2.29. The molecule has 0 aliphatic carbocycles. The van der Waals surface area contributed by atoms with E-state index in [0.29, 0.717) is 42.1 Å². The van der Waals surface area contributed by atoms with Gasteiger partial charge in [-0.05, 0) is 62.0 Å². The first-order valence-electron chi connectivity index (χ1n) is 11.6. The molecule has 4 rings (SSSR count). The summed E-state index contributed by atoms with van der Waals surface area (Å²) in [5.41, 5.74) is 2.18. The lowest BCUT2D eigenvalue weighted by Crippen LogP contribution is -2.38. The standard InChI is InChI=1S/C26H31N3O3/c1-19(18-28-13-6-3-7-14-28)17-27-24(30)21-10-11-22-23(16-21)26(32)29(25(22)31)15-12-20-8-4-2-5-9-20/h2,4-5,8-11,16,19H,3,6-7,12-15,17-18H2,1H3,(H,27,30). The number of hydrogen-bond donors (Lipinski definition) is 1. The van der Waals surface area contributed by atoms with Gasteiger partial charge in [0.25, 0.3) is 17.7 Å². The van der Waals surface area contributed by atoms with Crippen molar-refractivity contribution in [3.05, 3.63) is 70.8 Å². The zero-order valence-electron chi connectivity index (χ0n) is 18.7. The fraction of sp³-hybridized carbons (Fsp3) is 0.423. The van der Waals surface area contributed by atoms with Crippen LogP contribution in [-0.4, -0.2) is 60.2 Å². The summed E-state index contributed by atoms with van der Waals surface area (Å²) in [5, 5.41) is 2.99. The van der Waals surface area contributed by atoms with Gasteiger partial charge in [0.15, 0.2) is 0 Å². The molecule has 32 heavy (non-hydrogen) atoms. The molecule has 2 aliphatic heterocycles. The Labute approximate surface area is 189 Å². The van der Waals surface area contributed by atoms with Crippen LogP contribution in [-0.2, 0) is 6.42 Å². The number of amides is 3. The first-order chi connectivity index (χ1) is 15.5. The number of fused-ring (bicyclic) bond motifs is 1. The van der Waals surface area contributed by atoms with Gasteiger partial charge in [-0.1, -0.05) is 43.7 Å². The Morgan fingerprint density at radius 2 is 1.69 bits per heavy atom. The van der Waals surface area contributed by atoms with E-state index in [0.717, 1.165) is 25.2 Å². The predicted octanol–water partition coefficient (Wildman–Crippen LogP) is 3.38. The van der Waals surface area contributed by atoms with Crippen molar-refractivity contribution in [2.75, 3.05) is 32.7 Å². The smallest absolute Gasteiger partial charge is 0.261 e. The van der Waals surface area contributed by atoms with Crippen LogP contribution in [0.1, 0.15) is 62.8 Å². The van der Waals surface area contributed by atoms with Crippen LogP contribution < -0.4 is 5.32 Å². The fourth-order valence-electron chi connectivity index (χ4n) is 4.54. The number of imide groups is 1. The van der Waals surface area contributed by atoms with E-state index < -0.39 is 0 Å². The molecule has 0 saturated carbocycles. The van der Waals surface area contributed by atoms with Crippen LogP contribution in [0.5, 0.6) is 0 Å². The molecule has 2 heterocycles. The summed E-state index contributed by atoms with van der Waals surface area (Å²) < 4.78 is 0. The highest BCUT2D eigenvalue weighted by atomic mass is 16.2. The van der Waals surface area contributed by atoms with Crippen LogP contribution in [0, 0.1) is 5.92 Å². The largest absolute Gasteiger partial charge is 0.352 e. The van der Waals surface area contributed by atoms with Crippen molar-refractivity contribution in [3.63, 3.8) is 0 Å². The van der Waals surface area contributed by atoms with Gasteiger partial charge < -0.3 is 10.2 Å². The summed E-state index contributed by atoms with van der Waals surface area (Å²) in [5.74, 6) is -0.471. The number of nitrogens with zero attached hydrogens (tertiary/aromatic N) is 2. The van der Waals surface area contributed by atoms with Crippen molar-refractivity contribution in [1.29, 1.82) is 0 Å². The Kier molecular flexibility index (Phi) is 7.00. The third kappa shape index (κ3) is 5.07. The Hall–Kier alpha value is -2.99. The molecule has 3 amide bonds. The molecule has 0 spiro atoms. The molecule has 6 nitrogen and oxygen atoms in total.